The minimum absolute atomic E-state index is 0.202. The zero-order valence-electron chi connectivity index (χ0n) is 9.76. The first-order chi connectivity index (χ1) is 6.60. The van der Waals surface area contributed by atoms with Crippen LogP contribution in [0.25, 0.3) is 0 Å². The highest BCUT2D eigenvalue weighted by atomic mass is 14.8. The Morgan fingerprint density at radius 3 is 2.00 bits per heavy atom. The summed E-state index contributed by atoms with van der Waals surface area (Å²) in [6.07, 6.45) is 9.60. The Morgan fingerprint density at radius 2 is 1.50 bits per heavy atom. The number of nitrogens with two attached hydrogens (primary N) is 1. The molecule has 2 fully saturated rings. The number of hydrogen-bond donors (Lipinski definition) is 1. The van der Waals surface area contributed by atoms with Crippen LogP contribution >= 0.6 is 0 Å². The molecule has 1 heteroatoms. The van der Waals surface area contributed by atoms with E-state index >= 15 is 0 Å². The van der Waals surface area contributed by atoms with Gasteiger partial charge in [-0.05, 0) is 49.9 Å². The molecule has 0 spiro atoms. The largest absolute Gasteiger partial charge is 0.325 e. The van der Waals surface area contributed by atoms with Crippen molar-refractivity contribution in [2.75, 3.05) is 0 Å². The Morgan fingerprint density at radius 1 is 1.00 bits per heavy atom. The number of rotatable bonds is 1. The third-order valence-electron chi connectivity index (χ3n) is 4.43. The summed E-state index contributed by atoms with van der Waals surface area (Å²) in [5, 5.41) is 0. The molecule has 0 aliphatic heterocycles. The van der Waals surface area contributed by atoms with Crippen molar-refractivity contribution in [1.29, 1.82) is 0 Å². The fraction of sp³-hybridized carbons (Fsp3) is 1.00. The van der Waals surface area contributed by atoms with Gasteiger partial charge >= 0.3 is 0 Å². The van der Waals surface area contributed by atoms with E-state index in [1.165, 1.54) is 44.9 Å². The second-order valence-corrected chi connectivity index (χ2v) is 6.07. The first kappa shape index (κ1) is 10.5. The van der Waals surface area contributed by atoms with Crippen LogP contribution in [-0.2, 0) is 0 Å². The average molecular weight is 195 g/mol. The SMILES string of the molecule is CC1CC(C)CC(N)(C2CCCC2)C1. The Labute approximate surface area is 88.4 Å². The molecule has 0 bridgehead atoms. The van der Waals surface area contributed by atoms with Gasteiger partial charge in [0.1, 0.15) is 0 Å². The average Bonchev–Trinajstić information content (AvgIpc) is 2.52. The van der Waals surface area contributed by atoms with E-state index in [4.69, 9.17) is 5.73 Å². The summed E-state index contributed by atoms with van der Waals surface area (Å²) in [6, 6.07) is 0. The fourth-order valence-electron chi connectivity index (χ4n) is 4.07. The van der Waals surface area contributed by atoms with Gasteiger partial charge in [0.15, 0.2) is 0 Å². The van der Waals surface area contributed by atoms with Crippen LogP contribution < -0.4 is 5.73 Å². The van der Waals surface area contributed by atoms with E-state index in [2.05, 4.69) is 13.8 Å². The molecule has 0 aromatic rings. The van der Waals surface area contributed by atoms with Gasteiger partial charge in [-0.15, -0.1) is 0 Å². The van der Waals surface area contributed by atoms with Crippen LogP contribution in [0.5, 0.6) is 0 Å². The van der Waals surface area contributed by atoms with Crippen molar-refractivity contribution in [3.63, 3.8) is 0 Å². The molecular weight excluding hydrogens is 170 g/mol. The van der Waals surface area contributed by atoms with Crippen LogP contribution in [0, 0.1) is 17.8 Å². The van der Waals surface area contributed by atoms with Crippen LogP contribution in [0.4, 0.5) is 0 Å². The molecule has 2 atom stereocenters. The quantitative estimate of drug-likeness (QED) is 0.682. The fourth-order valence-corrected chi connectivity index (χ4v) is 4.07. The minimum Gasteiger partial charge on any atom is -0.325 e. The Kier molecular flexibility index (Phi) is 2.88. The summed E-state index contributed by atoms with van der Waals surface area (Å²) in [7, 11) is 0. The van der Waals surface area contributed by atoms with E-state index in [9.17, 15) is 0 Å². The third-order valence-corrected chi connectivity index (χ3v) is 4.43. The lowest BCUT2D eigenvalue weighted by molar-refractivity contribution is 0.124. The molecule has 2 unspecified atom stereocenters. The van der Waals surface area contributed by atoms with Gasteiger partial charge in [-0.1, -0.05) is 26.7 Å². The molecule has 0 aromatic carbocycles. The topological polar surface area (TPSA) is 26.0 Å². The molecule has 2 aliphatic rings. The van der Waals surface area contributed by atoms with Gasteiger partial charge in [0.05, 0.1) is 0 Å². The van der Waals surface area contributed by atoms with Crippen LogP contribution in [0.3, 0.4) is 0 Å². The lowest BCUT2D eigenvalue weighted by Gasteiger charge is -2.44. The molecule has 0 amide bonds. The lowest BCUT2D eigenvalue weighted by Crippen LogP contribution is -2.51. The molecule has 0 radical (unpaired) electrons. The molecule has 1 nitrogen and oxygen atoms in total. The molecule has 14 heavy (non-hydrogen) atoms. The maximum atomic E-state index is 6.65. The van der Waals surface area contributed by atoms with Crippen LogP contribution in [-0.4, -0.2) is 5.54 Å². The van der Waals surface area contributed by atoms with E-state index in [1.54, 1.807) is 0 Å². The number of hydrogen-bond acceptors (Lipinski definition) is 1. The first-order valence-corrected chi connectivity index (χ1v) is 6.39. The molecule has 2 saturated carbocycles. The Bertz CT molecular complexity index is 183. The molecule has 0 aromatic heterocycles. The second kappa shape index (κ2) is 3.84. The van der Waals surface area contributed by atoms with Gasteiger partial charge in [0, 0.05) is 5.54 Å². The third kappa shape index (κ3) is 1.98. The zero-order valence-corrected chi connectivity index (χ0v) is 9.76. The smallest absolute Gasteiger partial charge is 0.0187 e. The van der Waals surface area contributed by atoms with Crippen LogP contribution in [0.2, 0.25) is 0 Å². The lowest BCUT2D eigenvalue weighted by atomic mass is 9.66. The monoisotopic (exact) mass is 195 g/mol. The van der Waals surface area contributed by atoms with Crippen molar-refractivity contribution < 1.29 is 0 Å². The molecular formula is C13H25N. The molecule has 82 valence electrons. The van der Waals surface area contributed by atoms with E-state index in [1.807, 2.05) is 0 Å². The van der Waals surface area contributed by atoms with Crippen molar-refractivity contribution in [3.05, 3.63) is 0 Å². The van der Waals surface area contributed by atoms with Crippen LogP contribution in [0.15, 0.2) is 0 Å². The summed E-state index contributed by atoms with van der Waals surface area (Å²) in [5.74, 6) is 2.54. The van der Waals surface area contributed by atoms with Crippen molar-refractivity contribution in [2.45, 2.75) is 64.3 Å². The van der Waals surface area contributed by atoms with Crippen molar-refractivity contribution in [1.82, 2.24) is 0 Å². The summed E-state index contributed by atoms with van der Waals surface area (Å²) >= 11 is 0. The summed E-state index contributed by atoms with van der Waals surface area (Å²) in [6.45, 7) is 4.76. The summed E-state index contributed by atoms with van der Waals surface area (Å²) < 4.78 is 0. The highest BCUT2D eigenvalue weighted by molar-refractivity contribution is 4.98. The highest BCUT2D eigenvalue weighted by Crippen LogP contribution is 2.44. The second-order valence-electron chi connectivity index (χ2n) is 6.07. The maximum Gasteiger partial charge on any atom is 0.0187 e. The molecule has 2 aliphatic carbocycles. The summed E-state index contributed by atoms with van der Waals surface area (Å²) in [5.41, 5.74) is 6.85. The van der Waals surface area contributed by atoms with Crippen molar-refractivity contribution >= 4 is 0 Å². The maximum absolute atomic E-state index is 6.65. The Balaban J connectivity index is 2.05. The Hall–Kier alpha value is -0.0400. The van der Waals surface area contributed by atoms with Gasteiger partial charge in [0.2, 0.25) is 0 Å². The van der Waals surface area contributed by atoms with Gasteiger partial charge < -0.3 is 5.73 Å². The van der Waals surface area contributed by atoms with Gasteiger partial charge in [0.25, 0.3) is 0 Å². The standard InChI is InChI=1S/C13H25N/c1-10-7-11(2)9-13(14,8-10)12-5-3-4-6-12/h10-12H,3-9,14H2,1-2H3. The van der Waals surface area contributed by atoms with E-state index in [0.29, 0.717) is 0 Å². The van der Waals surface area contributed by atoms with E-state index < -0.39 is 0 Å². The normalized spacial score (nSPS) is 45.6. The van der Waals surface area contributed by atoms with E-state index in [-0.39, 0.29) is 5.54 Å². The minimum atomic E-state index is 0.202. The first-order valence-electron chi connectivity index (χ1n) is 6.39. The van der Waals surface area contributed by atoms with Crippen molar-refractivity contribution in [3.8, 4) is 0 Å². The van der Waals surface area contributed by atoms with Gasteiger partial charge in [-0.2, -0.15) is 0 Å². The van der Waals surface area contributed by atoms with E-state index in [0.717, 1.165) is 17.8 Å². The van der Waals surface area contributed by atoms with Crippen LogP contribution in [0.1, 0.15) is 58.8 Å². The molecule has 0 heterocycles. The predicted molar refractivity (Wildman–Crippen MR) is 61.1 cm³/mol. The van der Waals surface area contributed by atoms with Crippen molar-refractivity contribution in [2.24, 2.45) is 23.5 Å². The molecule has 2 N–H and O–H groups in total. The molecule has 2 rings (SSSR count). The zero-order chi connectivity index (χ0) is 10.2. The predicted octanol–water partition coefficient (Wildman–Crippen LogP) is 3.33. The molecule has 0 saturated heterocycles. The van der Waals surface area contributed by atoms with Gasteiger partial charge in [-0.3, -0.25) is 0 Å². The highest BCUT2D eigenvalue weighted by Gasteiger charge is 2.41. The summed E-state index contributed by atoms with van der Waals surface area (Å²) in [4.78, 5) is 0. The van der Waals surface area contributed by atoms with Gasteiger partial charge in [-0.25, -0.2) is 0 Å².